The van der Waals surface area contributed by atoms with E-state index >= 15 is 0 Å². The van der Waals surface area contributed by atoms with E-state index in [1.807, 2.05) is 39.0 Å². The van der Waals surface area contributed by atoms with Crippen molar-refractivity contribution in [3.05, 3.63) is 63.7 Å². The Hall–Kier alpha value is -2.26. The van der Waals surface area contributed by atoms with Crippen LogP contribution in [-0.2, 0) is 21.0 Å². The Balaban J connectivity index is 2.34. The van der Waals surface area contributed by atoms with Gasteiger partial charge in [0.25, 0.3) is 0 Å². The summed E-state index contributed by atoms with van der Waals surface area (Å²) in [6.07, 6.45) is -3.35. The van der Waals surface area contributed by atoms with Crippen molar-refractivity contribution in [1.29, 1.82) is 0 Å². The predicted octanol–water partition coefficient (Wildman–Crippen LogP) is 5.01. The lowest BCUT2D eigenvalue weighted by molar-refractivity contribution is -0.137. The molecule has 0 saturated carbocycles. The van der Waals surface area contributed by atoms with Gasteiger partial charge < -0.3 is 5.32 Å². The average Bonchev–Trinajstić information content (AvgIpc) is 2.63. The molecule has 0 aromatic heterocycles. The van der Waals surface area contributed by atoms with E-state index in [4.69, 9.17) is 11.6 Å². The van der Waals surface area contributed by atoms with Crippen molar-refractivity contribution in [1.82, 2.24) is 5.32 Å². The van der Waals surface area contributed by atoms with Crippen molar-refractivity contribution in [2.45, 2.75) is 39.4 Å². The molecule has 0 fully saturated rings. The van der Waals surface area contributed by atoms with Gasteiger partial charge >= 0.3 is 6.18 Å². The minimum absolute atomic E-state index is 0.215. The van der Waals surface area contributed by atoms with Gasteiger partial charge in [-0.2, -0.15) is 13.2 Å². The van der Waals surface area contributed by atoms with Gasteiger partial charge in [0.05, 0.1) is 28.6 Å². The molecule has 0 heterocycles. The molecule has 2 aromatic rings. The van der Waals surface area contributed by atoms with Crippen LogP contribution in [0.2, 0.25) is 5.02 Å². The van der Waals surface area contributed by atoms with Crippen molar-refractivity contribution in [3.8, 4) is 0 Å². The lowest BCUT2D eigenvalue weighted by atomic mass is 9.97. The van der Waals surface area contributed by atoms with Crippen LogP contribution in [0.5, 0.6) is 0 Å². The molecule has 0 spiro atoms. The maximum atomic E-state index is 13.1. The minimum atomic E-state index is -4.69. The molecule has 5 nitrogen and oxygen atoms in total. The molecule has 1 N–H and O–H groups in total. The number of rotatable bonds is 7. The van der Waals surface area contributed by atoms with Crippen LogP contribution in [-0.4, -0.2) is 27.1 Å². The fourth-order valence-electron chi connectivity index (χ4n) is 3.25. The third-order valence-electron chi connectivity index (χ3n) is 4.77. The van der Waals surface area contributed by atoms with E-state index in [0.29, 0.717) is 16.8 Å². The summed E-state index contributed by atoms with van der Waals surface area (Å²) in [6.45, 7) is 5.00. The van der Waals surface area contributed by atoms with Gasteiger partial charge in [-0.3, -0.25) is 9.10 Å². The number of carbonyl (C=O) groups excluding carboxylic acids is 1. The first kappa shape index (κ1) is 25.0. The lowest BCUT2D eigenvalue weighted by Gasteiger charge is -2.26. The molecule has 0 aliphatic heterocycles. The summed E-state index contributed by atoms with van der Waals surface area (Å²) in [4.78, 5) is 12.7. The van der Waals surface area contributed by atoms with Gasteiger partial charge in [0, 0.05) is 0 Å². The lowest BCUT2D eigenvalue weighted by Crippen LogP contribution is -2.41. The van der Waals surface area contributed by atoms with Crippen LogP contribution in [0.3, 0.4) is 0 Å². The molecule has 2 rings (SSSR count). The molecule has 1 amide bonds. The number of benzene rings is 2. The van der Waals surface area contributed by atoms with Gasteiger partial charge in [-0.05, 0) is 49.6 Å². The van der Waals surface area contributed by atoms with Gasteiger partial charge in [0.15, 0.2) is 0 Å². The molecule has 0 radical (unpaired) electrons. The Morgan fingerprint density at radius 1 is 1.16 bits per heavy atom. The van der Waals surface area contributed by atoms with Gasteiger partial charge in [0.2, 0.25) is 15.9 Å². The van der Waals surface area contributed by atoms with E-state index in [9.17, 15) is 26.4 Å². The van der Waals surface area contributed by atoms with Crippen molar-refractivity contribution in [3.63, 3.8) is 0 Å². The van der Waals surface area contributed by atoms with Crippen LogP contribution in [0, 0.1) is 13.8 Å². The van der Waals surface area contributed by atoms with Gasteiger partial charge in [0.1, 0.15) is 6.54 Å². The molecule has 1 unspecified atom stereocenters. The zero-order chi connectivity index (χ0) is 23.6. The van der Waals surface area contributed by atoms with Crippen LogP contribution < -0.4 is 9.62 Å². The van der Waals surface area contributed by atoms with Crippen molar-refractivity contribution >= 4 is 33.2 Å². The third-order valence-corrected chi connectivity index (χ3v) is 6.22. The van der Waals surface area contributed by atoms with Gasteiger partial charge in [-0.1, -0.05) is 42.3 Å². The van der Waals surface area contributed by atoms with Crippen molar-refractivity contribution in [2.75, 3.05) is 17.1 Å². The Kier molecular flexibility index (Phi) is 7.65. The highest BCUT2D eigenvalue weighted by molar-refractivity contribution is 7.92. The first-order valence-corrected chi connectivity index (χ1v) is 11.7. The van der Waals surface area contributed by atoms with Crippen LogP contribution in [0.1, 0.15) is 41.6 Å². The molecule has 10 heteroatoms. The monoisotopic (exact) mass is 476 g/mol. The number of carbonyl (C=O) groups is 1. The number of amides is 1. The fourth-order valence-corrected chi connectivity index (χ4v) is 4.38. The first-order valence-electron chi connectivity index (χ1n) is 9.45. The van der Waals surface area contributed by atoms with Crippen LogP contribution >= 0.6 is 11.6 Å². The molecule has 0 aliphatic rings. The summed E-state index contributed by atoms with van der Waals surface area (Å²) in [5.74, 6) is -0.661. The number of nitrogens with one attached hydrogen (secondary N) is 1. The number of hydrogen-bond donors (Lipinski definition) is 1. The normalized spacial score (nSPS) is 13.0. The average molecular weight is 477 g/mol. The largest absolute Gasteiger partial charge is 0.416 e. The second-order valence-electron chi connectivity index (χ2n) is 7.32. The topological polar surface area (TPSA) is 66.5 Å². The highest BCUT2D eigenvalue weighted by Crippen LogP contribution is 2.36. The molecule has 0 saturated heterocycles. The van der Waals surface area contributed by atoms with E-state index in [1.54, 1.807) is 0 Å². The van der Waals surface area contributed by atoms with Gasteiger partial charge in [-0.15, -0.1) is 0 Å². The van der Waals surface area contributed by atoms with Crippen LogP contribution in [0.25, 0.3) is 0 Å². The molecule has 31 heavy (non-hydrogen) atoms. The number of halogens is 4. The summed E-state index contributed by atoms with van der Waals surface area (Å²) >= 11 is 5.99. The quantitative estimate of drug-likeness (QED) is 0.611. The molecule has 0 bridgehead atoms. The molecule has 0 aliphatic carbocycles. The highest BCUT2D eigenvalue weighted by Gasteiger charge is 2.33. The highest BCUT2D eigenvalue weighted by atomic mass is 35.5. The number of aryl methyl sites for hydroxylation is 2. The molecule has 2 aromatic carbocycles. The number of hydrogen-bond acceptors (Lipinski definition) is 3. The smallest absolute Gasteiger partial charge is 0.348 e. The third kappa shape index (κ3) is 6.36. The Bertz CT molecular complexity index is 1070. The second kappa shape index (κ2) is 9.48. The molecular weight excluding hydrogens is 453 g/mol. The molecule has 1 atom stereocenters. The number of sulfonamides is 1. The van der Waals surface area contributed by atoms with Crippen LogP contribution in [0.15, 0.2) is 36.4 Å². The number of alkyl halides is 3. The summed E-state index contributed by atoms with van der Waals surface area (Å²) in [7, 11) is -4.10. The second-order valence-corrected chi connectivity index (χ2v) is 9.64. The molecule has 170 valence electrons. The van der Waals surface area contributed by atoms with Crippen molar-refractivity contribution < 1.29 is 26.4 Å². The molecular formula is C21H24ClF3N2O3S. The number of anilines is 1. The van der Waals surface area contributed by atoms with E-state index in [1.165, 1.54) is 0 Å². The van der Waals surface area contributed by atoms with Crippen LogP contribution in [0.4, 0.5) is 18.9 Å². The number of nitrogens with zero attached hydrogens (tertiary/aromatic N) is 1. The Morgan fingerprint density at radius 3 is 2.32 bits per heavy atom. The zero-order valence-corrected chi connectivity index (χ0v) is 19.1. The summed E-state index contributed by atoms with van der Waals surface area (Å²) < 4.78 is 64.5. The van der Waals surface area contributed by atoms with E-state index in [-0.39, 0.29) is 11.1 Å². The Morgan fingerprint density at radius 2 is 1.81 bits per heavy atom. The predicted molar refractivity (Wildman–Crippen MR) is 116 cm³/mol. The standard InChI is InChI=1S/C21H24ClF3N2O3S/c1-5-18(16-8-6-13(2)10-14(16)3)26-20(28)12-27(31(4,29)30)19-11-15(21(23,24)25)7-9-17(19)22/h6-11,18H,5,12H2,1-4H3,(H,26,28). The Labute approximate surface area is 185 Å². The fraction of sp³-hybridized carbons (Fsp3) is 0.381. The van der Waals surface area contributed by atoms with E-state index in [2.05, 4.69) is 5.32 Å². The maximum absolute atomic E-state index is 13.1. The van der Waals surface area contributed by atoms with E-state index < -0.39 is 39.9 Å². The summed E-state index contributed by atoms with van der Waals surface area (Å²) in [6, 6.07) is 7.71. The van der Waals surface area contributed by atoms with Crippen molar-refractivity contribution in [2.24, 2.45) is 0 Å². The van der Waals surface area contributed by atoms with Gasteiger partial charge in [-0.25, -0.2) is 8.42 Å². The zero-order valence-electron chi connectivity index (χ0n) is 17.5. The SMILES string of the molecule is CCC(NC(=O)CN(c1cc(C(F)(F)F)ccc1Cl)S(C)(=O)=O)c1ccc(C)cc1C. The summed E-state index contributed by atoms with van der Waals surface area (Å²) in [5, 5.41) is 2.55. The van der Waals surface area contributed by atoms with E-state index in [0.717, 1.165) is 35.1 Å². The maximum Gasteiger partial charge on any atom is 0.416 e. The minimum Gasteiger partial charge on any atom is -0.348 e. The summed E-state index contributed by atoms with van der Waals surface area (Å²) in [5.41, 5.74) is 1.43. The first-order chi connectivity index (χ1) is 14.2.